The first-order valence-corrected chi connectivity index (χ1v) is 10.3. The van der Waals surface area contributed by atoms with Crippen LogP contribution in [0.25, 0.3) is 0 Å². The first kappa shape index (κ1) is 18.0. The molecule has 2 rings (SSSR count). The Labute approximate surface area is 150 Å². The molecule has 0 bridgehead atoms. The molecular weight excluding hydrogens is 379 g/mol. The summed E-state index contributed by atoms with van der Waals surface area (Å²) < 4.78 is 1.33. The van der Waals surface area contributed by atoms with Gasteiger partial charge in [0, 0.05) is 3.57 Å². The van der Waals surface area contributed by atoms with Crippen LogP contribution in [-0.4, -0.2) is 0 Å². The van der Waals surface area contributed by atoms with Crippen LogP contribution >= 0.6 is 22.6 Å². The van der Waals surface area contributed by atoms with E-state index in [1.807, 2.05) is 0 Å². The Hall–Kier alpha value is -0.310. The van der Waals surface area contributed by atoms with Gasteiger partial charge in [-0.05, 0) is 90.6 Å². The maximum atomic E-state index is 2.51. The molecule has 1 aromatic rings. The molecule has 1 heteroatoms. The van der Waals surface area contributed by atoms with Crippen molar-refractivity contribution in [2.24, 2.45) is 11.8 Å². The molecule has 0 nitrogen and oxygen atoms in total. The average molecular weight is 410 g/mol. The number of allylic oxidation sites excluding steroid dienone is 2. The summed E-state index contributed by atoms with van der Waals surface area (Å²) in [6, 6.07) is 8.94. The van der Waals surface area contributed by atoms with Crippen LogP contribution in [0.1, 0.15) is 70.3 Å². The topological polar surface area (TPSA) is 0 Å². The van der Waals surface area contributed by atoms with Gasteiger partial charge in [-0.2, -0.15) is 0 Å². The molecule has 22 heavy (non-hydrogen) atoms. The Kier molecular flexibility index (Phi) is 8.58. The van der Waals surface area contributed by atoms with Gasteiger partial charge in [0.15, 0.2) is 0 Å². The van der Waals surface area contributed by atoms with Crippen LogP contribution in [0.2, 0.25) is 0 Å². The van der Waals surface area contributed by atoms with Gasteiger partial charge in [0.2, 0.25) is 0 Å². The van der Waals surface area contributed by atoms with Crippen LogP contribution in [0.4, 0.5) is 0 Å². The van der Waals surface area contributed by atoms with Crippen molar-refractivity contribution in [1.29, 1.82) is 0 Å². The summed E-state index contributed by atoms with van der Waals surface area (Å²) in [5.41, 5.74) is 1.46. The Morgan fingerprint density at radius 1 is 1.05 bits per heavy atom. The van der Waals surface area contributed by atoms with Gasteiger partial charge in [-0.25, -0.2) is 0 Å². The van der Waals surface area contributed by atoms with E-state index in [-0.39, 0.29) is 0 Å². The van der Waals surface area contributed by atoms with E-state index in [0.29, 0.717) is 0 Å². The van der Waals surface area contributed by atoms with Gasteiger partial charge < -0.3 is 0 Å². The van der Waals surface area contributed by atoms with Crippen LogP contribution < -0.4 is 0 Å². The van der Waals surface area contributed by atoms with E-state index in [1.54, 1.807) is 0 Å². The summed E-state index contributed by atoms with van der Waals surface area (Å²) in [6.45, 7) is 2.30. The van der Waals surface area contributed by atoms with Gasteiger partial charge in [0.25, 0.3) is 0 Å². The third-order valence-corrected chi connectivity index (χ3v) is 5.75. The molecule has 0 atom stereocenters. The second-order valence-electron chi connectivity index (χ2n) is 6.87. The molecule has 1 aliphatic carbocycles. The molecular formula is C21H31I. The Bertz CT molecular complexity index is 424. The molecule has 0 radical (unpaired) electrons. The third kappa shape index (κ3) is 6.85. The molecule has 1 aromatic carbocycles. The van der Waals surface area contributed by atoms with Crippen LogP contribution in [0.3, 0.4) is 0 Å². The Morgan fingerprint density at radius 3 is 2.45 bits per heavy atom. The maximum Gasteiger partial charge on any atom is 0.0130 e. The lowest BCUT2D eigenvalue weighted by Gasteiger charge is -2.26. The molecule has 1 aliphatic rings. The van der Waals surface area contributed by atoms with Crippen LogP contribution in [0.15, 0.2) is 36.4 Å². The molecule has 122 valence electrons. The highest BCUT2D eigenvalue weighted by atomic mass is 127. The quantitative estimate of drug-likeness (QED) is 0.242. The van der Waals surface area contributed by atoms with E-state index in [0.717, 1.165) is 11.8 Å². The second kappa shape index (κ2) is 10.5. The zero-order chi connectivity index (χ0) is 15.6. The van der Waals surface area contributed by atoms with Crippen molar-refractivity contribution in [3.05, 3.63) is 45.6 Å². The van der Waals surface area contributed by atoms with Gasteiger partial charge in [-0.1, -0.05) is 56.9 Å². The zero-order valence-electron chi connectivity index (χ0n) is 14.1. The molecule has 0 amide bonds. The fourth-order valence-corrected chi connectivity index (χ4v) is 3.90. The monoisotopic (exact) mass is 410 g/mol. The highest BCUT2D eigenvalue weighted by molar-refractivity contribution is 14.1. The van der Waals surface area contributed by atoms with Gasteiger partial charge in [0.05, 0.1) is 0 Å². The molecule has 1 saturated carbocycles. The largest absolute Gasteiger partial charge is 0.0879 e. The average Bonchev–Trinajstić information content (AvgIpc) is 2.55. The smallest absolute Gasteiger partial charge is 0.0130 e. The molecule has 0 aliphatic heterocycles. The standard InChI is InChI=1S/C21H31I/c1-2-3-4-7-18-10-12-19(13-11-18)8-5-6-9-20-14-16-21(22)17-15-20/h5,8,14-19H,2-4,6-7,9-13H2,1H3/b8-5+/t18-,19-. The zero-order valence-corrected chi connectivity index (χ0v) is 16.2. The minimum atomic E-state index is 0.860. The second-order valence-corrected chi connectivity index (χ2v) is 8.12. The van der Waals surface area contributed by atoms with E-state index < -0.39 is 0 Å². The number of unbranched alkanes of at least 4 members (excludes halogenated alkanes) is 2. The predicted molar refractivity (Wildman–Crippen MR) is 106 cm³/mol. The van der Waals surface area contributed by atoms with E-state index in [1.165, 1.54) is 73.3 Å². The van der Waals surface area contributed by atoms with E-state index in [9.17, 15) is 0 Å². The fourth-order valence-electron chi connectivity index (χ4n) is 3.54. The van der Waals surface area contributed by atoms with E-state index in [2.05, 4.69) is 65.9 Å². The van der Waals surface area contributed by atoms with Crippen molar-refractivity contribution in [3.8, 4) is 0 Å². The van der Waals surface area contributed by atoms with Gasteiger partial charge in [-0.15, -0.1) is 0 Å². The van der Waals surface area contributed by atoms with E-state index >= 15 is 0 Å². The highest BCUT2D eigenvalue weighted by Crippen LogP contribution is 2.32. The summed E-state index contributed by atoms with van der Waals surface area (Å²) in [5, 5.41) is 0. The van der Waals surface area contributed by atoms with E-state index in [4.69, 9.17) is 0 Å². The number of halogens is 1. The van der Waals surface area contributed by atoms with Crippen molar-refractivity contribution in [2.75, 3.05) is 0 Å². The number of hydrogen-bond acceptors (Lipinski definition) is 0. The normalized spacial score (nSPS) is 22.3. The van der Waals surface area contributed by atoms with Crippen molar-refractivity contribution < 1.29 is 0 Å². The SMILES string of the molecule is CCCCC[C@H]1CC[C@H](/C=C/CCc2ccc(I)cc2)CC1. The van der Waals surface area contributed by atoms with Gasteiger partial charge in [-0.3, -0.25) is 0 Å². The first-order valence-electron chi connectivity index (χ1n) is 9.19. The summed E-state index contributed by atoms with van der Waals surface area (Å²) in [7, 11) is 0. The summed E-state index contributed by atoms with van der Waals surface area (Å²) in [5.74, 6) is 1.89. The van der Waals surface area contributed by atoms with Crippen LogP contribution in [0, 0.1) is 15.4 Å². The van der Waals surface area contributed by atoms with Gasteiger partial charge in [0.1, 0.15) is 0 Å². The minimum absolute atomic E-state index is 0.860. The number of rotatable bonds is 8. The lowest BCUT2D eigenvalue weighted by Crippen LogP contribution is -2.13. The highest BCUT2D eigenvalue weighted by Gasteiger charge is 2.18. The number of benzene rings is 1. The maximum absolute atomic E-state index is 2.51. The fraction of sp³-hybridized carbons (Fsp3) is 0.619. The van der Waals surface area contributed by atoms with Crippen molar-refractivity contribution in [2.45, 2.75) is 71.1 Å². The summed E-state index contributed by atoms with van der Waals surface area (Å²) >= 11 is 2.37. The minimum Gasteiger partial charge on any atom is -0.0879 e. The predicted octanol–water partition coefficient (Wildman–Crippen LogP) is 7.17. The number of hydrogen-bond donors (Lipinski definition) is 0. The van der Waals surface area contributed by atoms with Crippen molar-refractivity contribution in [3.63, 3.8) is 0 Å². The Balaban J connectivity index is 1.60. The molecule has 1 fully saturated rings. The summed E-state index contributed by atoms with van der Waals surface area (Å²) in [6.07, 6.45) is 18.8. The first-order chi connectivity index (χ1) is 10.8. The lowest BCUT2D eigenvalue weighted by molar-refractivity contribution is 0.289. The molecule has 0 heterocycles. The molecule has 0 aromatic heterocycles. The molecule has 0 saturated heterocycles. The van der Waals surface area contributed by atoms with Crippen molar-refractivity contribution in [1.82, 2.24) is 0 Å². The Morgan fingerprint density at radius 2 is 1.77 bits per heavy atom. The molecule has 0 unspecified atom stereocenters. The molecule has 0 spiro atoms. The van der Waals surface area contributed by atoms with Crippen LogP contribution in [0.5, 0.6) is 0 Å². The summed E-state index contributed by atoms with van der Waals surface area (Å²) in [4.78, 5) is 0. The van der Waals surface area contributed by atoms with Crippen LogP contribution in [-0.2, 0) is 6.42 Å². The van der Waals surface area contributed by atoms with Gasteiger partial charge >= 0.3 is 0 Å². The lowest BCUT2D eigenvalue weighted by atomic mass is 9.79. The number of aryl methyl sites for hydroxylation is 1. The third-order valence-electron chi connectivity index (χ3n) is 5.03. The van der Waals surface area contributed by atoms with Crippen molar-refractivity contribution >= 4 is 22.6 Å². The molecule has 0 N–H and O–H groups in total.